The van der Waals surface area contributed by atoms with E-state index in [2.05, 4.69) is 30.9 Å². The Bertz CT molecular complexity index is 324. The van der Waals surface area contributed by atoms with Gasteiger partial charge in [-0.25, -0.2) is 0 Å². The molecular formula is C12H24N6O3. The van der Waals surface area contributed by atoms with Crippen molar-refractivity contribution < 1.29 is 14.2 Å². The summed E-state index contributed by atoms with van der Waals surface area (Å²) in [6.07, 6.45) is 0. The van der Waals surface area contributed by atoms with Crippen LogP contribution >= 0.6 is 0 Å². The van der Waals surface area contributed by atoms with E-state index in [1.165, 1.54) is 0 Å². The van der Waals surface area contributed by atoms with Crippen molar-refractivity contribution in [3.63, 3.8) is 0 Å². The molecule has 1 aromatic heterocycles. The molecule has 0 saturated heterocycles. The third-order valence-electron chi connectivity index (χ3n) is 2.24. The monoisotopic (exact) mass is 300 g/mol. The number of hydrogen-bond acceptors (Lipinski definition) is 9. The van der Waals surface area contributed by atoms with E-state index >= 15 is 0 Å². The number of nitrogens with zero attached hydrogens (tertiary/aromatic N) is 3. The van der Waals surface area contributed by atoms with Crippen molar-refractivity contribution in [2.24, 2.45) is 0 Å². The van der Waals surface area contributed by atoms with E-state index in [0.29, 0.717) is 57.9 Å². The SMILES string of the molecule is CCOCNc1nc(NCOCC)nc(NCOCC)n1. The summed E-state index contributed by atoms with van der Waals surface area (Å²) < 4.78 is 15.6. The van der Waals surface area contributed by atoms with Gasteiger partial charge in [-0.05, 0) is 20.8 Å². The summed E-state index contributed by atoms with van der Waals surface area (Å²) in [5, 5.41) is 8.88. The van der Waals surface area contributed by atoms with Crippen LogP contribution in [0.15, 0.2) is 0 Å². The topological polar surface area (TPSA) is 102 Å². The minimum atomic E-state index is 0.330. The van der Waals surface area contributed by atoms with Crippen LogP contribution in [-0.2, 0) is 14.2 Å². The van der Waals surface area contributed by atoms with E-state index in [1.54, 1.807) is 0 Å². The highest BCUT2D eigenvalue weighted by atomic mass is 16.5. The first-order valence-electron chi connectivity index (χ1n) is 7.01. The Morgan fingerprint density at radius 1 is 0.619 bits per heavy atom. The molecule has 0 fully saturated rings. The molecule has 0 aliphatic heterocycles. The molecule has 0 bridgehead atoms. The zero-order chi connectivity index (χ0) is 15.3. The molecule has 0 amide bonds. The second kappa shape index (κ2) is 11.0. The molecule has 0 aliphatic rings. The van der Waals surface area contributed by atoms with Gasteiger partial charge in [-0.3, -0.25) is 0 Å². The molecule has 3 N–H and O–H groups in total. The summed E-state index contributed by atoms with van der Waals surface area (Å²) in [6.45, 7) is 8.58. The minimum Gasteiger partial charge on any atom is -0.362 e. The van der Waals surface area contributed by atoms with Gasteiger partial charge in [0.2, 0.25) is 17.8 Å². The standard InChI is InChI=1S/C12H24N6O3/c1-4-19-7-13-10-16-11(14-8-20-5-2)18-12(17-10)15-9-21-6-3/h4-9H2,1-3H3,(H3,13,14,15,16,17,18). The second-order valence-electron chi connectivity index (χ2n) is 3.75. The van der Waals surface area contributed by atoms with Crippen molar-refractivity contribution in [3.05, 3.63) is 0 Å². The van der Waals surface area contributed by atoms with Crippen molar-refractivity contribution in [3.8, 4) is 0 Å². The van der Waals surface area contributed by atoms with Gasteiger partial charge in [0.1, 0.15) is 20.2 Å². The predicted octanol–water partition coefficient (Wildman–Crippen LogP) is 1.09. The van der Waals surface area contributed by atoms with Gasteiger partial charge in [-0.15, -0.1) is 0 Å². The first-order valence-corrected chi connectivity index (χ1v) is 7.01. The van der Waals surface area contributed by atoms with Crippen LogP contribution in [0.5, 0.6) is 0 Å². The molecular weight excluding hydrogens is 276 g/mol. The van der Waals surface area contributed by atoms with E-state index < -0.39 is 0 Å². The first-order chi connectivity index (χ1) is 10.3. The summed E-state index contributed by atoms with van der Waals surface area (Å²) in [5.74, 6) is 1.24. The lowest BCUT2D eigenvalue weighted by Gasteiger charge is -2.11. The molecule has 0 aliphatic carbocycles. The van der Waals surface area contributed by atoms with Gasteiger partial charge in [0.05, 0.1) is 0 Å². The van der Waals surface area contributed by atoms with Crippen LogP contribution in [0.3, 0.4) is 0 Å². The lowest BCUT2D eigenvalue weighted by molar-refractivity contribution is 0.165. The van der Waals surface area contributed by atoms with Crippen molar-refractivity contribution in [1.82, 2.24) is 15.0 Å². The summed E-state index contributed by atoms with van der Waals surface area (Å²) in [7, 11) is 0. The smallest absolute Gasteiger partial charge is 0.231 e. The van der Waals surface area contributed by atoms with Crippen LogP contribution in [0, 0.1) is 0 Å². The van der Waals surface area contributed by atoms with Gasteiger partial charge in [-0.1, -0.05) is 0 Å². The molecule has 9 nitrogen and oxygen atoms in total. The van der Waals surface area contributed by atoms with E-state index in [1.807, 2.05) is 20.8 Å². The van der Waals surface area contributed by atoms with Gasteiger partial charge in [0.15, 0.2) is 0 Å². The van der Waals surface area contributed by atoms with Gasteiger partial charge in [0, 0.05) is 19.8 Å². The summed E-state index contributed by atoms with van der Waals surface area (Å²) in [5.41, 5.74) is 0. The Morgan fingerprint density at radius 3 is 1.14 bits per heavy atom. The molecule has 9 heteroatoms. The van der Waals surface area contributed by atoms with Crippen LogP contribution in [0.4, 0.5) is 17.8 Å². The Kier molecular flexibility index (Phi) is 9.09. The maximum absolute atomic E-state index is 5.21. The summed E-state index contributed by atoms with van der Waals surface area (Å²) >= 11 is 0. The lowest BCUT2D eigenvalue weighted by Crippen LogP contribution is -2.16. The molecule has 0 atom stereocenters. The number of nitrogens with one attached hydrogen (secondary N) is 3. The van der Waals surface area contributed by atoms with Gasteiger partial charge < -0.3 is 30.2 Å². The molecule has 1 rings (SSSR count). The Balaban J connectivity index is 2.65. The van der Waals surface area contributed by atoms with Crippen LogP contribution < -0.4 is 16.0 Å². The lowest BCUT2D eigenvalue weighted by atomic mass is 10.7. The van der Waals surface area contributed by atoms with Gasteiger partial charge >= 0.3 is 0 Å². The van der Waals surface area contributed by atoms with Gasteiger partial charge in [0.25, 0.3) is 0 Å². The van der Waals surface area contributed by atoms with Crippen LogP contribution in [0.1, 0.15) is 20.8 Å². The molecule has 0 unspecified atom stereocenters. The number of ether oxygens (including phenoxy) is 3. The highest BCUT2D eigenvalue weighted by molar-refractivity contribution is 5.41. The number of anilines is 3. The zero-order valence-electron chi connectivity index (χ0n) is 12.8. The molecule has 0 spiro atoms. The number of hydrogen-bond donors (Lipinski definition) is 3. The first kappa shape index (κ1) is 17.3. The average Bonchev–Trinajstić information content (AvgIpc) is 2.48. The Labute approximate surface area is 124 Å². The van der Waals surface area contributed by atoms with E-state index in [9.17, 15) is 0 Å². The van der Waals surface area contributed by atoms with E-state index in [4.69, 9.17) is 14.2 Å². The summed E-state index contributed by atoms with van der Waals surface area (Å²) in [4.78, 5) is 12.7. The fourth-order valence-electron chi connectivity index (χ4n) is 1.27. The highest BCUT2D eigenvalue weighted by Crippen LogP contribution is 2.09. The molecule has 21 heavy (non-hydrogen) atoms. The number of rotatable bonds is 12. The third kappa shape index (κ3) is 7.59. The van der Waals surface area contributed by atoms with E-state index in [0.717, 1.165) is 0 Å². The highest BCUT2D eigenvalue weighted by Gasteiger charge is 2.06. The van der Waals surface area contributed by atoms with Crippen LogP contribution in [-0.4, -0.2) is 55.0 Å². The summed E-state index contributed by atoms with van der Waals surface area (Å²) in [6, 6.07) is 0. The van der Waals surface area contributed by atoms with E-state index in [-0.39, 0.29) is 0 Å². The molecule has 1 heterocycles. The largest absolute Gasteiger partial charge is 0.362 e. The normalized spacial score (nSPS) is 10.4. The van der Waals surface area contributed by atoms with Crippen molar-refractivity contribution in [2.75, 3.05) is 56.0 Å². The predicted molar refractivity (Wildman–Crippen MR) is 80.2 cm³/mol. The van der Waals surface area contributed by atoms with Crippen molar-refractivity contribution in [2.45, 2.75) is 20.8 Å². The Hall–Kier alpha value is -1.71. The zero-order valence-corrected chi connectivity index (χ0v) is 12.8. The quantitative estimate of drug-likeness (QED) is 0.386. The third-order valence-corrected chi connectivity index (χ3v) is 2.24. The second-order valence-corrected chi connectivity index (χ2v) is 3.75. The molecule has 0 saturated carbocycles. The average molecular weight is 300 g/mol. The maximum atomic E-state index is 5.21. The number of aromatic nitrogens is 3. The van der Waals surface area contributed by atoms with Crippen LogP contribution in [0.2, 0.25) is 0 Å². The molecule has 0 aromatic carbocycles. The maximum Gasteiger partial charge on any atom is 0.231 e. The fraction of sp³-hybridized carbons (Fsp3) is 0.750. The fourth-order valence-corrected chi connectivity index (χ4v) is 1.27. The minimum absolute atomic E-state index is 0.330. The molecule has 1 aromatic rings. The van der Waals surface area contributed by atoms with Crippen molar-refractivity contribution in [1.29, 1.82) is 0 Å². The van der Waals surface area contributed by atoms with Crippen LogP contribution in [0.25, 0.3) is 0 Å². The molecule has 0 radical (unpaired) electrons. The van der Waals surface area contributed by atoms with Crippen molar-refractivity contribution >= 4 is 17.8 Å². The van der Waals surface area contributed by atoms with Gasteiger partial charge in [-0.2, -0.15) is 15.0 Å². The molecule has 120 valence electrons. The Morgan fingerprint density at radius 2 is 0.905 bits per heavy atom.